The number of alkyl carbamates (subject to hydrolysis) is 1. The highest BCUT2D eigenvalue weighted by molar-refractivity contribution is 5.69. The highest BCUT2D eigenvalue weighted by Crippen LogP contribution is 2.35. The predicted molar refractivity (Wildman–Crippen MR) is 97.3 cm³/mol. The number of carbonyl (C=O) groups is 1. The number of amides is 1. The van der Waals surface area contributed by atoms with E-state index in [0.29, 0.717) is 26.1 Å². The van der Waals surface area contributed by atoms with Gasteiger partial charge in [0.2, 0.25) is 0 Å². The maximum Gasteiger partial charge on any atom is 0.408 e. The Bertz CT molecular complexity index is 664. The topological polar surface area (TPSA) is 74.6 Å². The van der Waals surface area contributed by atoms with Crippen LogP contribution in [0.3, 0.4) is 0 Å². The molecular weight excluding hydrogens is 330 g/mol. The molecule has 0 saturated carbocycles. The first-order valence-corrected chi connectivity index (χ1v) is 9.10. The third kappa shape index (κ3) is 4.35. The quantitative estimate of drug-likeness (QED) is 0.900. The summed E-state index contributed by atoms with van der Waals surface area (Å²) in [6.07, 6.45) is 0.535. The van der Waals surface area contributed by atoms with E-state index in [1.54, 1.807) is 0 Å². The van der Waals surface area contributed by atoms with Gasteiger partial charge in [0.05, 0.1) is 19.3 Å². The summed E-state index contributed by atoms with van der Waals surface area (Å²) in [6.45, 7) is 7.42. The van der Waals surface area contributed by atoms with Crippen molar-refractivity contribution in [2.45, 2.75) is 63.4 Å². The number of piperidine rings is 1. The largest absolute Gasteiger partial charge is 0.444 e. The minimum Gasteiger partial charge on any atom is -0.444 e. The molecule has 2 fully saturated rings. The molecule has 1 N–H and O–H groups in total. The molecule has 2 atom stereocenters. The Balaban J connectivity index is 1.73. The van der Waals surface area contributed by atoms with Crippen LogP contribution in [0.2, 0.25) is 0 Å². The second kappa shape index (κ2) is 7.26. The molecule has 1 amide bonds. The first-order valence-electron chi connectivity index (χ1n) is 9.10. The van der Waals surface area contributed by atoms with Gasteiger partial charge in [0.25, 0.3) is 0 Å². The van der Waals surface area contributed by atoms with E-state index in [-0.39, 0.29) is 12.1 Å². The molecule has 26 heavy (non-hydrogen) atoms. The number of rotatable bonds is 3. The number of nitriles is 1. The van der Waals surface area contributed by atoms with E-state index in [1.165, 1.54) is 5.56 Å². The molecule has 2 aliphatic rings. The molecule has 6 heteroatoms. The predicted octanol–water partition coefficient (Wildman–Crippen LogP) is 2.84. The SMILES string of the molecule is CC(C)(C)OC(=O)NC1(C#N)CC2COCC(C1)N2Cc1ccccc1. The van der Waals surface area contributed by atoms with Crippen molar-refractivity contribution in [2.24, 2.45) is 0 Å². The Morgan fingerprint density at radius 1 is 1.31 bits per heavy atom. The fourth-order valence-electron chi connectivity index (χ4n) is 3.84. The van der Waals surface area contributed by atoms with Crippen molar-refractivity contribution in [2.75, 3.05) is 13.2 Å². The molecule has 2 saturated heterocycles. The van der Waals surface area contributed by atoms with Gasteiger partial charge in [0.1, 0.15) is 11.1 Å². The smallest absolute Gasteiger partial charge is 0.408 e. The summed E-state index contributed by atoms with van der Waals surface area (Å²) in [5, 5.41) is 12.7. The van der Waals surface area contributed by atoms with Crippen LogP contribution in [0.25, 0.3) is 0 Å². The number of hydrogen-bond donors (Lipinski definition) is 1. The van der Waals surface area contributed by atoms with Gasteiger partial charge in [-0.2, -0.15) is 5.26 Å². The summed E-state index contributed by atoms with van der Waals surface area (Å²) in [4.78, 5) is 14.7. The lowest BCUT2D eigenvalue weighted by molar-refractivity contribution is -0.0943. The average Bonchev–Trinajstić information content (AvgIpc) is 2.55. The van der Waals surface area contributed by atoms with Crippen molar-refractivity contribution in [3.8, 4) is 6.07 Å². The van der Waals surface area contributed by atoms with Gasteiger partial charge >= 0.3 is 6.09 Å². The molecule has 1 aromatic rings. The van der Waals surface area contributed by atoms with Gasteiger partial charge in [0, 0.05) is 31.5 Å². The van der Waals surface area contributed by atoms with E-state index in [0.717, 1.165) is 6.54 Å². The second-order valence-corrected chi connectivity index (χ2v) is 8.23. The minimum absolute atomic E-state index is 0.0947. The molecule has 6 nitrogen and oxygen atoms in total. The van der Waals surface area contributed by atoms with Crippen molar-refractivity contribution < 1.29 is 14.3 Å². The van der Waals surface area contributed by atoms with E-state index in [1.807, 2.05) is 39.0 Å². The number of carbonyl (C=O) groups excluding carboxylic acids is 1. The number of hydrogen-bond acceptors (Lipinski definition) is 5. The molecule has 1 aromatic carbocycles. The van der Waals surface area contributed by atoms with Gasteiger partial charge in [-0.05, 0) is 26.3 Å². The molecule has 2 bridgehead atoms. The van der Waals surface area contributed by atoms with Gasteiger partial charge in [0.15, 0.2) is 0 Å². The van der Waals surface area contributed by atoms with Crippen LogP contribution >= 0.6 is 0 Å². The van der Waals surface area contributed by atoms with Gasteiger partial charge in [-0.25, -0.2) is 4.79 Å². The number of nitrogens with zero attached hydrogens (tertiary/aromatic N) is 2. The van der Waals surface area contributed by atoms with Crippen molar-refractivity contribution in [3.63, 3.8) is 0 Å². The third-order valence-electron chi connectivity index (χ3n) is 4.89. The first kappa shape index (κ1) is 18.7. The van der Waals surface area contributed by atoms with Crippen molar-refractivity contribution in [3.05, 3.63) is 35.9 Å². The van der Waals surface area contributed by atoms with Gasteiger partial charge < -0.3 is 14.8 Å². The number of benzene rings is 1. The summed E-state index contributed by atoms with van der Waals surface area (Å²) in [5.74, 6) is 0. The Morgan fingerprint density at radius 2 is 1.92 bits per heavy atom. The first-order chi connectivity index (χ1) is 12.3. The molecule has 140 valence electrons. The van der Waals surface area contributed by atoms with Gasteiger partial charge in [-0.15, -0.1) is 0 Å². The number of ether oxygens (including phenoxy) is 2. The van der Waals surface area contributed by atoms with Crippen LogP contribution in [0.4, 0.5) is 4.79 Å². The zero-order valence-electron chi connectivity index (χ0n) is 15.7. The lowest BCUT2D eigenvalue weighted by atomic mass is 9.79. The zero-order valence-corrected chi connectivity index (χ0v) is 15.7. The molecule has 2 unspecified atom stereocenters. The maximum atomic E-state index is 12.3. The van der Waals surface area contributed by atoms with Crippen molar-refractivity contribution in [1.29, 1.82) is 5.26 Å². The molecule has 0 radical (unpaired) electrons. The van der Waals surface area contributed by atoms with Crippen molar-refractivity contribution >= 4 is 6.09 Å². The maximum absolute atomic E-state index is 12.3. The zero-order chi connectivity index (χ0) is 18.8. The van der Waals surface area contributed by atoms with Crippen molar-refractivity contribution in [1.82, 2.24) is 10.2 Å². The second-order valence-electron chi connectivity index (χ2n) is 8.23. The standard InChI is InChI=1S/C20H27N3O3/c1-19(2,3)26-18(24)22-20(14-21)9-16-12-25-13-17(10-20)23(16)11-15-7-5-4-6-8-15/h4-8,16-17H,9-13H2,1-3H3,(H,22,24). The number of nitrogens with one attached hydrogen (secondary N) is 1. The highest BCUT2D eigenvalue weighted by atomic mass is 16.6. The summed E-state index contributed by atoms with van der Waals surface area (Å²) in [6, 6.07) is 12.9. The Hall–Kier alpha value is -2.10. The average molecular weight is 357 g/mol. The molecule has 0 spiro atoms. The summed E-state index contributed by atoms with van der Waals surface area (Å²) < 4.78 is 11.1. The molecule has 3 rings (SSSR count). The summed E-state index contributed by atoms with van der Waals surface area (Å²) in [7, 11) is 0. The normalized spacial score (nSPS) is 28.8. The fraction of sp³-hybridized carbons (Fsp3) is 0.600. The van der Waals surface area contributed by atoms with E-state index >= 15 is 0 Å². The lowest BCUT2D eigenvalue weighted by Gasteiger charge is -2.51. The number of morpholine rings is 1. The third-order valence-corrected chi connectivity index (χ3v) is 4.89. The van der Waals surface area contributed by atoms with Crippen LogP contribution in [0.15, 0.2) is 30.3 Å². The van der Waals surface area contributed by atoms with Gasteiger partial charge in [-0.3, -0.25) is 4.90 Å². The van der Waals surface area contributed by atoms with Crippen LogP contribution in [0.1, 0.15) is 39.2 Å². The van der Waals surface area contributed by atoms with Crippen LogP contribution in [-0.4, -0.2) is 47.4 Å². The molecule has 0 aliphatic carbocycles. The lowest BCUT2D eigenvalue weighted by Crippen LogP contribution is -2.65. The minimum atomic E-state index is -0.908. The fourth-order valence-corrected chi connectivity index (χ4v) is 3.84. The van der Waals surface area contributed by atoms with Crippen LogP contribution < -0.4 is 5.32 Å². The van der Waals surface area contributed by atoms with Crippen LogP contribution in [0, 0.1) is 11.3 Å². The van der Waals surface area contributed by atoms with Crippen LogP contribution in [-0.2, 0) is 16.0 Å². The molecule has 2 aliphatic heterocycles. The monoisotopic (exact) mass is 357 g/mol. The van der Waals surface area contributed by atoms with E-state index in [9.17, 15) is 10.1 Å². The molecular formula is C20H27N3O3. The Kier molecular flexibility index (Phi) is 5.22. The summed E-state index contributed by atoms with van der Waals surface area (Å²) >= 11 is 0. The Morgan fingerprint density at radius 3 is 2.46 bits per heavy atom. The summed E-state index contributed by atoms with van der Waals surface area (Å²) in [5.41, 5.74) is -0.253. The molecule has 0 aromatic heterocycles. The Labute approximate surface area is 155 Å². The van der Waals surface area contributed by atoms with Crippen LogP contribution in [0.5, 0.6) is 0 Å². The highest BCUT2D eigenvalue weighted by Gasteiger charge is 2.48. The van der Waals surface area contributed by atoms with E-state index in [2.05, 4.69) is 28.4 Å². The van der Waals surface area contributed by atoms with E-state index in [4.69, 9.17) is 9.47 Å². The van der Waals surface area contributed by atoms with Gasteiger partial charge in [-0.1, -0.05) is 30.3 Å². The van der Waals surface area contributed by atoms with E-state index < -0.39 is 17.2 Å². The molecule has 2 heterocycles. The number of fused-ring (bicyclic) bond motifs is 2.